The SMILES string of the molecule is CC(C)=CCC/C(C)=C/CC/C(C)=C/[C@H]1CCCC(=O)O1. The van der Waals surface area contributed by atoms with Gasteiger partial charge in [0.15, 0.2) is 0 Å². The molecule has 1 rings (SSSR count). The van der Waals surface area contributed by atoms with Gasteiger partial charge in [0.2, 0.25) is 0 Å². The highest BCUT2D eigenvalue weighted by molar-refractivity contribution is 5.70. The maximum Gasteiger partial charge on any atom is 0.306 e. The quantitative estimate of drug-likeness (QED) is 0.457. The molecule has 0 spiro atoms. The second-order valence-corrected chi connectivity index (χ2v) is 6.34. The molecule has 1 atom stereocenters. The third-order valence-corrected chi connectivity index (χ3v) is 3.75. The van der Waals surface area contributed by atoms with Crippen LogP contribution >= 0.6 is 0 Å². The molecular weight excluding hydrogens is 260 g/mol. The van der Waals surface area contributed by atoms with Gasteiger partial charge in [0, 0.05) is 6.42 Å². The van der Waals surface area contributed by atoms with Gasteiger partial charge in [0.1, 0.15) is 6.10 Å². The van der Waals surface area contributed by atoms with E-state index in [4.69, 9.17) is 4.74 Å². The van der Waals surface area contributed by atoms with Crippen LogP contribution in [0.5, 0.6) is 0 Å². The van der Waals surface area contributed by atoms with E-state index >= 15 is 0 Å². The molecule has 0 radical (unpaired) electrons. The van der Waals surface area contributed by atoms with Crippen molar-refractivity contribution < 1.29 is 9.53 Å². The van der Waals surface area contributed by atoms with Gasteiger partial charge in [-0.2, -0.15) is 0 Å². The number of ether oxygens (including phenoxy) is 1. The third kappa shape index (κ3) is 8.54. The summed E-state index contributed by atoms with van der Waals surface area (Å²) < 4.78 is 5.32. The topological polar surface area (TPSA) is 26.3 Å². The largest absolute Gasteiger partial charge is 0.458 e. The van der Waals surface area contributed by atoms with E-state index in [-0.39, 0.29) is 12.1 Å². The smallest absolute Gasteiger partial charge is 0.306 e. The van der Waals surface area contributed by atoms with Crippen molar-refractivity contribution in [2.45, 2.75) is 78.7 Å². The molecule has 21 heavy (non-hydrogen) atoms. The highest BCUT2D eigenvalue weighted by atomic mass is 16.5. The lowest BCUT2D eigenvalue weighted by atomic mass is 10.0. The Morgan fingerprint density at radius 3 is 2.43 bits per heavy atom. The second kappa shape index (κ2) is 9.59. The van der Waals surface area contributed by atoms with Gasteiger partial charge >= 0.3 is 5.97 Å². The van der Waals surface area contributed by atoms with Gasteiger partial charge in [-0.15, -0.1) is 0 Å². The zero-order valence-electron chi connectivity index (χ0n) is 14.1. The molecule has 0 aromatic carbocycles. The predicted molar refractivity (Wildman–Crippen MR) is 89.1 cm³/mol. The zero-order chi connectivity index (χ0) is 15.7. The van der Waals surface area contributed by atoms with Crippen LogP contribution in [-0.2, 0) is 9.53 Å². The summed E-state index contributed by atoms with van der Waals surface area (Å²) in [5, 5.41) is 0. The summed E-state index contributed by atoms with van der Waals surface area (Å²) in [7, 11) is 0. The number of carbonyl (C=O) groups excluding carboxylic acids is 1. The molecule has 0 aromatic heterocycles. The van der Waals surface area contributed by atoms with Gasteiger partial charge in [0.05, 0.1) is 0 Å². The van der Waals surface area contributed by atoms with E-state index in [0.717, 1.165) is 38.5 Å². The standard InChI is InChI=1S/C19H30O2/c1-15(2)8-5-9-16(3)10-6-11-17(4)14-18-12-7-13-19(20)21-18/h8,10,14,18H,5-7,9,11-13H2,1-4H3/b16-10+,17-14+/t18-/m1/s1. The van der Waals surface area contributed by atoms with Gasteiger partial charge in [-0.3, -0.25) is 4.79 Å². The van der Waals surface area contributed by atoms with Crippen molar-refractivity contribution >= 4 is 5.97 Å². The maximum absolute atomic E-state index is 11.2. The van der Waals surface area contributed by atoms with Crippen molar-refractivity contribution in [1.29, 1.82) is 0 Å². The minimum Gasteiger partial charge on any atom is -0.458 e. The second-order valence-electron chi connectivity index (χ2n) is 6.34. The van der Waals surface area contributed by atoms with E-state index in [0.29, 0.717) is 6.42 Å². The first-order valence-electron chi connectivity index (χ1n) is 8.13. The fraction of sp³-hybridized carbons (Fsp3) is 0.632. The van der Waals surface area contributed by atoms with Crippen LogP contribution in [0.4, 0.5) is 0 Å². The molecule has 1 aliphatic heterocycles. The van der Waals surface area contributed by atoms with Crippen LogP contribution in [0.25, 0.3) is 0 Å². The minimum absolute atomic E-state index is 0.00833. The Labute approximate surface area is 130 Å². The summed E-state index contributed by atoms with van der Waals surface area (Å²) in [4.78, 5) is 11.2. The summed E-state index contributed by atoms with van der Waals surface area (Å²) in [5.74, 6) is -0.0506. The van der Waals surface area contributed by atoms with Crippen LogP contribution in [0.15, 0.2) is 34.9 Å². The van der Waals surface area contributed by atoms with Crippen LogP contribution in [-0.4, -0.2) is 12.1 Å². The molecule has 0 unspecified atom stereocenters. The summed E-state index contributed by atoms with van der Waals surface area (Å²) in [6, 6.07) is 0. The average molecular weight is 290 g/mol. The first-order chi connectivity index (χ1) is 9.97. The Balaban J connectivity index is 2.29. The normalized spacial score (nSPS) is 20.2. The van der Waals surface area contributed by atoms with Crippen molar-refractivity contribution in [3.05, 3.63) is 34.9 Å². The Morgan fingerprint density at radius 2 is 1.76 bits per heavy atom. The molecule has 1 aliphatic rings. The number of hydrogen-bond donors (Lipinski definition) is 0. The molecule has 0 amide bonds. The highest BCUT2D eigenvalue weighted by Crippen LogP contribution is 2.18. The van der Waals surface area contributed by atoms with E-state index in [2.05, 4.69) is 45.9 Å². The van der Waals surface area contributed by atoms with Gasteiger partial charge in [-0.1, -0.05) is 28.9 Å². The fourth-order valence-corrected chi connectivity index (χ4v) is 2.49. The van der Waals surface area contributed by atoms with Crippen LogP contribution in [0.1, 0.15) is 72.6 Å². The van der Waals surface area contributed by atoms with Crippen LogP contribution in [0.2, 0.25) is 0 Å². The Hall–Kier alpha value is -1.31. The zero-order valence-corrected chi connectivity index (χ0v) is 14.1. The third-order valence-electron chi connectivity index (χ3n) is 3.75. The molecule has 0 aliphatic carbocycles. The lowest BCUT2D eigenvalue weighted by Crippen LogP contribution is -2.21. The van der Waals surface area contributed by atoms with Crippen molar-refractivity contribution in [2.24, 2.45) is 0 Å². The van der Waals surface area contributed by atoms with Crippen molar-refractivity contribution in [2.75, 3.05) is 0 Å². The lowest BCUT2D eigenvalue weighted by Gasteiger charge is -2.20. The Bertz CT molecular complexity index is 423. The average Bonchev–Trinajstić information content (AvgIpc) is 2.38. The first kappa shape index (κ1) is 17.7. The van der Waals surface area contributed by atoms with Gasteiger partial charge < -0.3 is 4.74 Å². The first-order valence-corrected chi connectivity index (χ1v) is 8.13. The molecule has 1 saturated heterocycles. The van der Waals surface area contributed by atoms with Crippen molar-refractivity contribution in [1.82, 2.24) is 0 Å². The van der Waals surface area contributed by atoms with E-state index in [1.165, 1.54) is 16.7 Å². The van der Waals surface area contributed by atoms with Crippen LogP contribution in [0, 0.1) is 0 Å². The molecule has 1 fully saturated rings. The fourth-order valence-electron chi connectivity index (χ4n) is 2.49. The minimum atomic E-state index is -0.0506. The maximum atomic E-state index is 11.2. The van der Waals surface area contributed by atoms with Crippen molar-refractivity contribution in [3.8, 4) is 0 Å². The number of esters is 1. The van der Waals surface area contributed by atoms with E-state index < -0.39 is 0 Å². The molecule has 0 aromatic rings. The molecule has 0 saturated carbocycles. The molecule has 1 heterocycles. The molecule has 0 bridgehead atoms. The Kier molecular flexibility index (Phi) is 8.11. The van der Waals surface area contributed by atoms with E-state index in [1.807, 2.05) is 0 Å². The molecule has 2 nitrogen and oxygen atoms in total. The van der Waals surface area contributed by atoms with Crippen molar-refractivity contribution in [3.63, 3.8) is 0 Å². The summed E-state index contributed by atoms with van der Waals surface area (Å²) >= 11 is 0. The van der Waals surface area contributed by atoms with E-state index in [1.54, 1.807) is 0 Å². The number of rotatable bonds is 7. The predicted octanol–water partition coefficient (Wildman–Crippen LogP) is 5.50. The number of allylic oxidation sites excluding steroid dienone is 5. The van der Waals surface area contributed by atoms with Gasteiger partial charge in [-0.25, -0.2) is 0 Å². The van der Waals surface area contributed by atoms with Crippen LogP contribution in [0.3, 0.4) is 0 Å². The van der Waals surface area contributed by atoms with Crippen LogP contribution < -0.4 is 0 Å². The van der Waals surface area contributed by atoms with Gasteiger partial charge in [-0.05, 0) is 72.3 Å². The molecule has 0 N–H and O–H groups in total. The summed E-state index contributed by atoms with van der Waals surface area (Å²) in [6.07, 6.45) is 13.7. The highest BCUT2D eigenvalue weighted by Gasteiger charge is 2.17. The molecule has 118 valence electrons. The molecule has 2 heteroatoms. The van der Waals surface area contributed by atoms with E-state index in [9.17, 15) is 4.79 Å². The number of cyclic esters (lactones) is 1. The number of hydrogen-bond acceptors (Lipinski definition) is 2. The monoisotopic (exact) mass is 290 g/mol. The van der Waals surface area contributed by atoms with Gasteiger partial charge in [0.25, 0.3) is 0 Å². The summed E-state index contributed by atoms with van der Waals surface area (Å²) in [5.41, 5.74) is 4.18. The molecular formula is C19H30O2. The Morgan fingerprint density at radius 1 is 1.10 bits per heavy atom. The number of carbonyl (C=O) groups is 1. The lowest BCUT2D eigenvalue weighted by molar-refractivity contribution is -0.150. The summed E-state index contributed by atoms with van der Waals surface area (Å²) in [6.45, 7) is 8.63.